The maximum Gasteiger partial charge on any atom is 0.213 e. The first-order chi connectivity index (χ1) is 9.33. The fourth-order valence-electron chi connectivity index (χ4n) is 2.49. The van der Waals surface area contributed by atoms with Crippen molar-refractivity contribution < 1.29 is 0 Å². The summed E-state index contributed by atoms with van der Waals surface area (Å²) in [5.74, 6) is 0.780. The van der Waals surface area contributed by atoms with Gasteiger partial charge in [0.15, 0.2) is 5.82 Å². The molecule has 3 aromatic heterocycles. The van der Waals surface area contributed by atoms with Gasteiger partial charge in [0.2, 0.25) is 4.96 Å². The van der Waals surface area contributed by atoms with Gasteiger partial charge in [-0.2, -0.15) is 4.98 Å². The number of fused-ring (bicyclic) bond motifs is 3. The van der Waals surface area contributed by atoms with Crippen molar-refractivity contribution in [1.82, 2.24) is 24.9 Å². The molecule has 4 heterocycles. The first-order valence-corrected chi connectivity index (χ1v) is 7.17. The molecule has 96 valence electrons. The lowest BCUT2D eigenvalue weighted by atomic mass is 10.1. The minimum Gasteiger partial charge on any atom is -0.309 e. The Bertz CT molecular complexity index is 730. The molecule has 0 saturated carbocycles. The van der Waals surface area contributed by atoms with Crippen LogP contribution in [0.1, 0.15) is 23.5 Å². The molecule has 0 radical (unpaired) electrons. The molecule has 0 saturated heterocycles. The predicted octanol–water partition coefficient (Wildman–Crippen LogP) is 2.06. The van der Waals surface area contributed by atoms with E-state index in [0.29, 0.717) is 6.04 Å². The third-order valence-corrected chi connectivity index (χ3v) is 4.72. The van der Waals surface area contributed by atoms with Crippen LogP contribution in [0.25, 0.3) is 16.3 Å². The van der Waals surface area contributed by atoms with Crippen LogP contribution in [0.5, 0.6) is 0 Å². The maximum atomic E-state index is 4.65. The van der Waals surface area contributed by atoms with E-state index in [1.54, 1.807) is 23.7 Å². The van der Waals surface area contributed by atoms with E-state index >= 15 is 0 Å². The summed E-state index contributed by atoms with van der Waals surface area (Å²) < 4.78 is 2.01. The second-order valence-corrected chi connectivity index (χ2v) is 5.71. The quantitative estimate of drug-likeness (QED) is 0.736. The van der Waals surface area contributed by atoms with E-state index in [4.69, 9.17) is 0 Å². The number of pyridine rings is 1. The number of thiazole rings is 1. The first-order valence-electron chi connectivity index (χ1n) is 6.35. The summed E-state index contributed by atoms with van der Waals surface area (Å²) in [6, 6.07) is 4.29. The van der Waals surface area contributed by atoms with Gasteiger partial charge in [0.05, 0.1) is 5.69 Å². The predicted molar refractivity (Wildman–Crippen MR) is 74.2 cm³/mol. The molecular formula is C13H13N5S. The van der Waals surface area contributed by atoms with Gasteiger partial charge in [-0.1, -0.05) is 11.3 Å². The minimum atomic E-state index is 0.404. The molecule has 1 aliphatic rings. The Labute approximate surface area is 114 Å². The third kappa shape index (κ3) is 1.67. The van der Waals surface area contributed by atoms with Crippen molar-refractivity contribution in [2.24, 2.45) is 0 Å². The average Bonchev–Trinajstić information content (AvgIpc) is 2.99. The molecule has 0 aliphatic carbocycles. The van der Waals surface area contributed by atoms with Crippen molar-refractivity contribution >= 4 is 16.3 Å². The third-order valence-electron chi connectivity index (χ3n) is 3.46. The van der Waals surface area contributed by atoms with E-state index in [1.807, 2.05) is 16.6 Å². The SMILES string of the molecule is CC1NCCc2c1sc1nc(-c3ccncc3)nn21. The van der Waals surface area contributed by atoms with Crippen molar-refractivity contribution in [3.05, 3.63) is 35.1 Å². The van der Waals surface area contributed by atoms with E-state index in [9.17, 15) is 0 Å². The van der Waals surface area contributed by atoms with Gasteiger partial charge in [0.1, 0.15) is 0 Å². The highest BCUT2D eigenvalue weighted by molar-refractivity contribution is 7.17. The van der Waals surface area contributed by atoms with Gasteiger partial charge < -0.3 is 5.32 Å². The fraction of sp³-hybridized carbons (Fsp3) is 0.308. The van der Waals surface area contributed by atoms with E-state index in [1.165, 1.54) is 10.6 Å². The topological polar surface area (TPSA) is 55.1 Å². The summed E-state index contributed by atoms with van der Waals surface area (Å²) in [5.41, 5.74) is 2.32. The maximum absolute atomic E-state index is 4.65. The van der Waals surface area contributed by atoms with Crippen LogP contribution in [0.4, 0.5) is 0 Å². The van der Waals surface area contributed by atoms with Gasteiger partial charge >= 0.3 is 0 Å². The Kier molecular flexibility index (Phi) is 2.39. The molecule has 6 heteroatoms. The van der Waals surface area contributed by atoms with Crippen LogP contribution in [0.2, 0.25) is 0 Å². The number of hydrogen-bond acceptors (Lipinski definition) is 5. The molecule has 0 spiro atoms. The van der Waals surface area contributed by atoms with Crippen LogP contribution in [0, 0.1) is 0 Å². The second kappa shape index (κ2) is 4.11. The van der Waals surface area contributed by atoms with Gasteiger partial charge in [-0.3, -0.25) is 4.98 Å². The zero-order valence-electron chi connectivity index (χ0n) is 10.5. The van der Waals surface area contributed by atoms with Crippen molar-refractivity contribution in [3.63, 3.8) is 0 Å². The zero-order chi connectivity index (χ0) is 12.8. The van der Waals surface area contributed by atoms with Gasteiger partial charge in [-0.05, 0) is 19.1 Å². The lowest BCUT2D eigenvalue weighted by Gasteiger charge is -2.19. The summed E-state index contributed by atoms with van der Waals surface area (Å²) in [7, 11) is 0. The van der Waals surface area contributed by atoms with E-state index in [0.717, 1.165) is 29.3 Å². The van der Waals surface area contributed by atoms with Crippen LogP contribution in [-0.2, 0) is 6.42 Å². The molecule has 1 aliphatic heterocycles. The molecule has 0 aromatic carbocycles. The summed E-state index contributed by atoms with van der Waals surface area (Å²) in [4.78, 5) is 11.0. The standard InChI is InChI=1S/C13H13N5S/c1-8-11-10(4-7-15-8)18-13(19-11)16-12(17-18)9-2-5-14-6-3-9/h2-3,5-6,8,15H,4,7H2,1H3. The molecule has 3 aromatic rings. The number of rotatable bonds is 1. The summed E-state index contributed by atoms with van der Waals surface area (Å²) in [6.45, 7) is 3.20. The number of aromatic nitrogens is 4. The largest absolute Gasteiger partial charge is 0.309 e. The molecule has 4 rings (SSSR count). The number of hydrogen-bond donors (Lipinski definition) is 1. The molecule has 1 unspecified atom stereocenters. The molecule has 0 fully saturated rings. The van der Waals surface area contributed by atoms with E-state index < -0.39 is 0 Å². The van der Waals surface area contributed by atoms with E-state index in [2.05, 4.69) is 27.3 Å². The molecule has 0 amide bonds. The summed E-state index contributed by atoms with van der Waals surface area (Å²) >= 11 is 1.73. The molecule has 19 heavy (non-hydrogen) atoms. The normalized spacial score (nSPS) is 18.7. The Balaban J connectivity index is 1.88. The zero-order valence-corrected chi connectivity index (χ0v) is 11.3. The van der Waals surface area contributed by atoms with Crippen molar-refractivity contribution in [2.45, 2.75) is 19.4 Å². The fourth-order valence-corrected chi connectivity index (χ4v) is 3.62. The van der Waals surface area contributed by atoms with Crippen LogP contribution >= 0.6 is 11.3 Å². The van der Waals surface area contributed by atoms with Crippen molar-refractivity contribution in [2.75, 3.05) is 6.54 Å². The first kappa shape index (κ1) is 11.1. The number of nitrogens with one attached hydrogen (secondary N) is 1. The Morgan fingerprint density at radius 1 is 1.37 bits per heavy atom. The van der Waals surface area contributed by atoms with Crippen LogP contribution < -0.4 is 5.32 Å². The smallest absolute Gasteiger partial charge is 0.213 e. The van der Waals surface area contributed by atoms with Crippen molar-refractivity contribution in [1.29, 1.82) is 0 Å². The van der Waals surface area contributed by atoms with Gasteiger partial charge in [-0.15, -0.1) is 5.10 Å². The van der Waals surface area contributed by atoms with Crippen LogP contribution in [-0.4, -0.2) is 26.1 Å². The average molecular weight is 271 g/mol. The highest BCUT2D eigenvalue weighted by atomic mass is 32.1. The monoisotopic (exact) mass is 271 g/mol. The highest BCUT2D eigenvalue weighted by Crippen LogP contribution is 2.31. The lowest BCUT2D eigenvalue weighted by molar-refractivity contribution is 0.537. The van der Waals surface area contributed by atoms with Gasteiger partial charge in [-0.25, -0.2) is 4.52 Å². The molecule has 1 atom stereocenters. The minimum absolute atomic E-state index is 0.404. The molecule has 5 nitrogen and oxygen atoms in total. The summed E-state index contributed by atoms with van der Waals surface area (Å²) in [5, 5.41) is 8.12. The second-order valence-electron chi connectivity index (χ2n) is 4.70. The Morgan fingerprint density at radius 2 is 2.21 bits per heavy atom. The Hall–Kier alpha value is -1.79. The van der Waals surface area contributed by atoms with Gasteiger partial charge in [0.25, 0.3) is 0 Å². The van der Waals surface area contributed by atoms with Crippen LogP contribution in [0.3, 0.4) is 0 Å². The Morgan fingerprint density at radius 3 is 3.05 bits per heavy atom. The van der Waals surface area contributed by atoms with Gasteiger partial charge in [0, 0.05) is 41.8 Å². The molecular weight excluding hydrogens is 258 g/mol. The van der Waals surface area contributed by atoms with Crippen LogP contribution in [0.15, 0.2) is 24.5 Å². The van der Waals surface area contributed by atoms with E-state index in [-0.39, 0.29) is 0 Å². The molecule has 0 bridgehead atoms. The lowest BCUT2D eigenvalue weighted by Crippen LogP contribution is -2.27. The summed E-state index contributed by atoms with van der Waals surface area (Å²) in [6.07, 6.45) is 4.55. The number of nitrogens with zero attached hydrogens (tertiary/aromatic N) is 4. The molecule has 1 N–H and O–H groups in total. The van der Waals surface area contributed by atoms with Crippen molar-refractivity contribution in [3.8, 4) is 11.4 Å². The highest BCUT2D eigenvalue weighted by Gasteiger charge is 2.23.